The molecule has 0 fully saturated rings. The van der Waals surface area contributed by atoms with Crippen LogP contribution in [-0.2, 0) is 22.7 Å². The van der Waals surface area contributed by atoms with Gasteiger partial charge in [0.2, 0.25) is 5.91 Å². The lowest BCUT2D eigenvalue weighted by atomic mass is 10.1. The van der Waals surface area contributed by atoms with Crippen LogP contribution in [0.4, 0.5) is 5.69 Å². The Morgan fingerprint density at radius 2 is 2.08 bits per heavy atom. The predicted molar refractivity (Wildman–Crippen MR) is 93.7 cm³/mol. The van der Waals surface area contributed by atoms with E-state index in [2.05, 4.69) is 15.5 Å². The van der Waals surface area contributed by atoms with Crippen LogP contribution in [0.25, 0.3) is 0 Å². The number of carbonyl (C=O) groups is 2. The number of nitrogens with zero attached hydrogens (tertiary/aromatic N) is 4. The fourth-order valence-electron chi connectivity index (χ4n) is 2.64. The van der Waals surface area contributed by atoms with Crippen molar-refractivity contribution in [1.29, 1.82) is 0 Å². The highest BCUT2D eigenvalue weighted by Crippen LogP contribution is 2.24. The van der Waals surface area contributed by atoms with E-state index in [1.165, 1.54) is 5.01 Å². The number of amides is 2. The van der Waals surface area contributed by atoms with Crippen molar-refractivity contribution < 1.29 is 9.59 Å². The summed E-state index contributed by atoms with van der Waals surface area (Å²) in [7, 11) is 0. The van der Waals surface area contributed by atoms with Crippen molar-refractivity contribution in [2.45, 2.75) is 32.5 Å². The fourth-order valence-corrected chi connectivity index (χ4v) is 2.64. The van der Waals surface area contributed by atoms with Crippen molar-refractivity contribution >= 4 is 23.2 Å². The normalized spacial score (nSPS) is 16.6. The summed E-state index contributed by atoms with van der Waals surface area (Å²) in [6.07, 6.45) is 3.77. The highest BCUT2D eigenvalue weighted by atomic mass is 16.2. The van der Waals surface area contributed by atoms with Gasteiger partial charge in [0.15, 0.2) is 0 Å². The maximum Gasteiger partial charge on any atom is 0.267 e. The standard InChI is InChI=1S/C17H20N6O2/c1-2-22-11-12(10-20-22)9-19-17(25)14-8-15(16(18)24)23(21-14)13-6-4-3-5-7-13/h3-7,10-11,15H,2,8-9H2,1H3,(H2,18,24)(H,19,25)/t15-/m0/s1. The van der Waals surface area contributed by atoms with Crippen LogP contribution in [0.15, 0.2) is 47.8 Å². The molecule has 2 heterocycles. The lowest BCUT2D eigenvalue weighted by Crippen LogP contribution is -2.39. The number of carbonyl (C=O) groups excluding carboxylic acids is 2. The summed E-state index contributed by atoms with van der Waals surface area (Å²) in [6, 6.07) is 8.52. The van der Waals surface area contributed by atoms with Crippen LogP contribution in [0, 0.1) is 0 Å². The number of primary amides is 1. The fraction of sp³-hybridized carbons (Fsp3) is 0.294. The molecule has 2 amide bonds. The van der Waals surface area contributed by atoms with Crippen molar-refractivity contribution in [2.24, 2.45) is 10.8 Å². The number of hydrogen-bond donors (Lipinski definition) is 2. The number of benzene rings is 1. The first kappa shape index (κ1) is 16.7. The molecule has 0 aliphatic carbocycles. The molecule has 1 atom stereocenters. The van der Waals surface area contributed by atoms with Gasteiger partial charge in [-0.15, -0.1) is 0 Å². The van der Waals surface area contributed by atoms with Gasteiger partial charge in [-0.3, -0.25) is 19.3 Å². The molecule has 130 valence electrons. The number of hydrogen-bond acceptors (Lipinski definition) is 5. The number of nitrogens with one attached hydrogen (secondary N) is 1. The largest absolute Gasteiger partial charge is 0.368 e. The molecule has 25 heavy (non-hydrogen) atoms. The molecule has 0 saturated heterocycles. The van der Waals surface area contributed by atoms with Gasteiger partial charge in [-0.05, 0) is 19.1 Å². The van der Waals surface area contributed by atoms with E-state index in [4.69, 9.17) is 5.73 Å². The average Bonchev–Trinajstić information content (AvgIpc) is 3.27. The topological polar surface area (TPSA) is 106 Å². The molecule has 1 aliphatic heterocycles. The molecule has 0 spiro atoms. The molecule has 0 unspecified atom stereocenters. The molecule has 0 bridgehead atoms. The minimum Gasteiger partial charge on any atom is -0.368 e. The Kier molecular flexibility index (Phi) is 4.78. The lowest BCUT2D eigenvalue weighted by molar-refractivity contribution is -0.119. The van der Waals surface area contributed by atoms with Gasteiger partial charge in [0.25, 0.3) is 5.91 Å². The number of anilines is 1. The van der Waals surface area contributed by atoms with Crippen molar-refractivity contribution in [1.82, 2.24) is 15.1 Å². The molecule has 1 aromatic heterocycles. The molecule has 8 nitrogen and oxygen atoms in total. The second-order valence-corrected chi connectivity index (χ2v) is 5.74. The number of aryl methyl sites for hydroxylation is 1. The molecule has 8 heteroatoms. The van der Waals surface area contributed by atoms with E-state index >= 15 is 0 Å². The van der Waals surface area contributed by atoms with E-state index in [0.717, 1.165) is 17.8 Å². The van der Waals surface area contributed by atoms with Crippen LogP contribution < -0.4 is 16.1 Å². The quantitative estimate of drug-likeness (QED) is 0.805. The zero-order valence-electron chi connectivity index (χ0n) is 13.9. The van der Waals surface area contributed by atoms with Gasteiger partial charge in [0.1, 0.15) is 11.8 Å². The Bertz CT molecular complexity index is 798. The molecule has 1 aromatic carbocycles. The predicted octanol–water partition coefficient (Wildman–Crippen LogP) is 0.639. The summed E-state index contributed by atoms with van der Waals surface area (Å²) in [6.45, 7) is 3.11. The lowest BCUT2D eigenvalue weighted by Gasteiger charge is -2.20. The Labute approximate surface area is 145 Å². The van der Waals surface area contributed by atoms with Crippen LogP contribution >= 0.6 is 0 Å². The van der Waals surface area contributed by atoms with E-state index in [1.54, 1.807) is 10.9 Å². The maximum absolute atomic E-state index is 12.4. The van der Waals surface area contributed by atoms with Crippen LogP contribution in [0.2, 0.25) is 0 Å². The number of aromatic nitrogens is 2. The number of para-hydroxylation sites is 1. The van der Waals surface area contributed by atoms with E-state index in [9.17, 15) is 9.59 Å². The Balaban J connectivity index is 1.70. The molecule has 3 N–H and O–H groups in total. The van der Waals surface area contributed by atoms with E-state index in [1.807, 2.05) is 43.5 Å². The Morgan fingerprint density at radius 3 is 2.72 bits per heavy atom. The molecule has 0 saturated carbocycles. The molecular formula is C17H20N6O2. The third kappa shape index (κ3) is 3.68. The third-order valence-electron chi connectivity index (χ3n) is 3.99. The van der Waals surface area contributed by atoms with Gasteiger partial charge in [0, 0.05) is 31.3 Å². The number of hydrazone groups is 1. The van der Waals surface area contributed by atoms with Gasteiger partial charge in [0.05, 0.1) is 11.9 Å². The summed E-state index contributed by atoms with van der Waals surface area (Å²) < 4.78 is 1.79. The van der Waals surface area contributed by atoms with Crippen LogP contribution in [0.3, 0.4) is 0 Å². The van der Waals surface area contributed by atoms with E-state index in [-0.39, 0.29) is 18.0 Å². The van der Waals surface area contributed by atoms with Crippen molar-refractivity contribution in [2.75, 3.05) is 5.01 Å². The van der Waals surface area contributed by atoms with Gasteiger partial charge < -0.3 is 11.1 Å². The van der Waals surface area contributed by atoms with Crippen LogP contribution in [0.1, 0.15) is 18.9 Å². The molecule has 3 rings (SSSR count). The molecule has 1 aliphatic rings. The van der Waals surface area contributed by atoms with Gasteiger partial charge in [-0.1, -0.05) is 18.2 Å². The van der Waals surface area contributed by atoms with Gasteiger partial charge in [-0.2, -0.15) is 10.2 Å². The monoisotopic (exact) mass is 340 g/mol. The highest BCUT2D eigenvalue weighted by molar-refractivity contribution is 6.40. The average molecular weight is 340 g/mol. The van der Waals surface area contributed by atoms with Crippen LogP contribution in [0.5, 0.6) is 0 Å². The second-order valence-electron chi connectivity index (χ2n) is 5.74. The first-order valence-corrected chi connectivity index (χ1v) is 8.09. The smallest absolute Gasteiger partial charge is 0.267 e. The van der Waals surface area contributed by atoms with Crippen molar-refractivity contribution in [3.8, 4) is 0 Å². The Morgan fingerprint density at radius 1 is 1.32 bits per heavy atom. The van der Waals surface area contributed by atoms with E-state index in [0.29, 0.717) is 6.54 Å². The second kappa shape index (κ2) is 7.16. The van der Waals surface area contributed by atoms with E-state index < -0.39 is 11.9 Å². The molecule has 2 aromatic rings. The zero-order chi connectivity index (χ0) is 17.8. The molecular weight excluding hydrogens is 320 g/mol. The zero-order valence-corrected chi connectivity index (χ0v) is 13.9. The minimum absolute atomic E-state index is 0.185. The van der Waals surface area contributed by atoms with Crippen molar-refractivity contribution in [3.63, 3.8) is 0 Å². The highest BCUT2D eigenvalue weighted by Gasteiger charge is 2.34. The SMILES string of the molecule is CCn1cc(CNC(=O)C2=NN(c3ccccc3)[C@H](C(N)=O)C2)cn1. The summed E-state index contributed by atoms with van der Waals surface area (Å²) in [5, 5.41) is 12.8. The summed E-state index contributed by atoms with van der Waals surface area (Å²) in [5.41, 5.74) is 7.39. The number of rotatable bonds is 6. The summed E-state index contributed by atoms with van der Waals surface area (Å²) in [4.78, 5) is 24.1. The molecule has 0 radical (unpaired) electrons. The van der Waals surface area contributed by atoms with Gasteiger partial charge >= 0.3 is 0 Å². The van der Waals surface area contributed by atoms with Crippen LogP contribution in [-0.4, -0.2) is 33.3 Å². The first-order chi connectivity index (χ1) is 12.1. The number of nitrogens with two attached hydrogens (primary N) is 1. The summed E-state index contributed by atoms with van der Waals surface area (Å²) >= 11 is 0. The Hall–Kier alpha value is -3.16. The summed E-state index contributed by atoms with van der Waals surface area (Å²) in [5.74, 6) is -0.825. The maximum atomic E-state index is 12.4. The minimum atomic E-state index is -0.661. The van der Waals surface area contributed by atoms with Gasteiger partial charge in [-0.25, -0.2) is 0 Å². The van der Waals surface area contributed by atoms with Crippen molar-refractivity contribution in [3.05, 3.63) is 48.3 Å². The first-order valence-electron chi connectivity index (χ1n) is 8.09. The third-order valence-corrected chi connectivity index (χ3v) is 3.99.